The number of sulfonamides is 1. The molecule has 0 radical (unpaired) electrons. The highest BCUT2D eigenvalue weighted by Crippen LogP contribution is 2.39. The number of hydrogen-bond donors (Lipinski definition) is 2. The van der Waals surface area contributed by atoms with Gasteiger partial charge >= 0.3 is 0 Å². The molecule has 16 rings (SSSR count). The lowest BCUT2D eigenvalue weighted by Gasteiger charge is -2.19. The van der Waals surface area contributed by atoms with E-state index in [9.17, 15) is 8.42 Å². The first-order chi connectivity index (χ1) is 42.4. The van der Waals surface area contributed by atoms with E-state index in [0.717, 1.165) is 98.9 Å². The first-order valence-corrected chi connectivity index (χ1v) is 30.0. The Kier molecular flexibility index (Phi) is 15.8. The van der Waals surface area contributed by atoms with Crippen molar-refractivity contribution in [3.05, 3.63) is 245 Å². The predicted molar refractivity (Wildman–Crippen MR) is 334 cm³/mol. The second-order valence-corrected chi connectivity index (χ2v) is 22.8. The van der Waals surface area contributed by atoms with Gasteiger partial charge in [0.25, 0.3) is 0 Å². The van der Waals surface area contributed by atoms with Gasteiger partial charge in [-0.3, -0.25) is 15.0 Å². The summed E-state index contributed by atoms with van der Waals surface area (Å²) in [5.41, 5.74) is 16.3. The van der Waals surface area contributed by atoms with E-state index < -0.39 is 10.0 Å². The zero-order valence-corrected chi connectivity index (χ0v) is 49.4. The number of nitrogens with one attached hydrogen (secondary N) is 1. The minimum absolute atomic E-state index is 0.0871. The maximum Gasteiger partial charge on any atom is 0.243 e. The lowest BCUT2D eigenvalue weighted by Crippen LogP contribution is -2.19. The monoisotopic (exact) mass is 1230 g/mol. The SMILES string of the molecule is COc1ncc(-c2nc(N3Cc4cccnc4C3)c3c(-c4ccccc4)ccn3n2)cc1S(N)(=O)=O.Clc1nc(Cl)c2c(-c3ccccc3)ccn2n1.Clc1nc(N2Cc3cccnc3C2)c2c(-c3ccccc3)ccn2n1.c1cnc2c(c1)CNC2. The highest BCUT2D eigenvalue weighted by molar-refractivity contribution is 7.89. The Balaban J connectivity index is 0.000000118. The van der Waals surface area contributed by atoms with Crippen molar-refractivity contribution in [1.29, 1.82) is 0 Å². The summed E-state index contributed by atoms with van der Waals surface area (Å²) in [6.07, 6.45) is 12.5. The minimum atomic E-state index is -4.08. The van der Waals surface area contributed by atoms with E-state index in [0.29, 0.717) is 35.4 Å². The summed E-state index contributed by atoms with van der Waals surface area (Å²) in [5, 5.41) is 22.5. The average molecular weight is 1230 g/mol. The Morgan fingerprint density at radius 3 is 1.47 bits per heavy atom. The average Bonchev–Trinajstić information content (AvgIpc) is 1.87. The summed E-state index contributed by atoms with van der Waals surface area (Å²) >= 11 is 18.0. The highest BCUT2D eigenvalue weighted by Gasteiger charge is 2.28. The lowest BCUT2D eigenvalue weighted by atomic mass is 10.1. The molecule has 0 unspecified atom stereocenters. The van der Waals surface area contributed by atoms with Gasteiger partial charge in [-0.15, -0.1) is 15.3 Å². The zero-order chi connectivity index (χ0) is 59.6. The van der Waals surface area contributed by atoms with Gasteiger partial charge in [0.2, 0.25) is 26.5 Å². The van der Waals surface area contributed by atoms with Crippen LogP contribution >= 0.6 is 34.8 Å². The number of aromatic nitrogens is 13. The molecule has 13 aromatic rings. The predicted octanol–water partition coefficient (Wildman–Crippen LogP) is 11.4. The Morgan fingerprint density at radius 2 is 0.966 bits per heavy atom. The van der Waals surface area contributed by atoms with Crippen LogP contribution in [0.2, 0.25) is 15.7 Å². The summed E-state index contributed by atoms with van der Waals surface area (Å²) < 4.78 is 34.6. The van der Waals surface area contributed by atoms with Gasteiger partial charge in [-0.1, -0.05) is 121 Å². The summed E-state index contributed by atoms with van der Waals surface area (Å²) in [6.45, 7) is 4.65. The Labute approximate surface area is 513 Å². The molecule has 3 N–H and O–H groups in total. The van der Waals surface area contributed by atoms with Gasteiger partial charge in [0.15, 0.2) is 22.6 Å². The van der Waals surface area contributed by atoms with Crippen LogP contribution in [0, 0.1) is 0 Å². The number of fused-ring (bicyclic) bond motifs is 6. The van der Waals surface area contributed by atoms with Crippen molar-refractivity contribution in [2.45, 2.75) is 44.2 Å². The van der Waals surface area contributed by atoms with Crippen molar-refractivity contribution < 1.29 is 13.2 Å². The van der Waals surface area contributed by atoms with Crippen molar-refractivity contribution >= 4 is 73.0 Å². The van der Waals surface area contributed by atoms with Crippen LogP contribution in [0.15, 0.2) is 200 Å². The van der Waals surface area contributed by atoms with Gasteiger partial charge in [0.1, 0.15) is 21.4 Å². The van der Waals surface area contributed by atoms with E-state index in [2.05, 4.69) is 91.6 Å². The third-order valence-corrected chi connectivity index (χ3v) is 16.3. The molecule has 10 aromatic heterocycles. The number of methoxy groups -OCH3 is 1. The number of ether oxygens (including phenoxy) is 1. The smallest absolute Gasteiger partial charge is 0.243 e. The molecule has 3 aliphatic rings. The number of nitrogens with two attached hydrogens (primary N) is 1. The summed E-state index contributed by atoms with van der Waals surface area (Å²) in [4.78, 5) is 34.9. The van der Waals surface area contributed by atoms with Gasteiger partial charge in [0.05, 0.1) is 37.3 Å². The van der Waals surface area contributed by atoms with Gasteiger partial charge in [-0.05, 0) is 99.0 Å². The highest BCUT2D eigenvalue weighted by atomic mass is 35.5. The maximum atomic E-state index is 12.2. The van der Waals surface area contributed by atoms with Crippen LogP contribution < -0.4 is 25.0 Å². The molecule has 0 amide bonds. The number of primary sulfonamides is 1. The first kappa shape index (κ1) is 56.4. The topological polar surface area (TPSA) is 230 Å². The second kappa shape index (κ2) is 24.3. The maximum absolute atomic E-state index is 12.2. The van der Waals surface area contributed by atoms with Crippen molar-refractivity contribution in [1.82, 2.24) is 69.0 Å². The quantitative estimate of drug-likeness (QED) is 0.144. The number of rotatable bonds is 8. The van der Waals surface area contributed by atoms with Gasteiger partial charge < -0.3 is 19.9 Å². The minimum Gasteiger partial charge on any atom is -0.480 e. The third kappa shape index (κ3) is 11.7. The molecule has 3 aromatic carbocycles. The zero-order valence-electron chi connectivity index (χ0n) is 46.3. The molecule has 24 heteroatoms. The fourth-order valence-electron chi connectivity index (χ4n) is 10.8. The molecule has 0 bridgehead atoms. The standard InChI is InChI=1S/C25H21N7O3S.C19H14ClN5.C12H7Cl2N3.C7H8N2/c1-35-25-21(36(26,33)34)12-18(13-28-25)23-29-24(31-14-17-8-5-10-27-20(17)15-31)22-19(9-11-32(22)30-23)16-6-3-2-4-7-16;20-19-22-18(24-11-14-7-4-9-21-16(14)12-24)17-15(8-10-25(17)23-19)13-5-2-1-3-6-13;13-11-10-9(8-4-2-1-3-5-8)6-7-17(10)16-12(14)15-11;1-2-6-4-8-5-7(6)9-3-1/h2-13H,14-15H2,1H3,(H2,26,33,34);1-10H,11-12H2;1-7H;1-3,8H,4-5H2. The molecule has 20 nitrogen and oxygen atoms in total. The van der Waals surface area contributed by atoms with E-state index in [1.54, 1.807) is 15.2 Å². The number of halogens is 3. The van der Waals surface area contributed by atoms with E-state index in [-0.39, 0.29) is 21.3 Å². The van der Waals surface area contributed by atoms with Crippen LogP contribution in [0.4, 0.5) is 11.6 Å². The molecule has 87 heavy (non-hydrogen) atoms. The van der Waals surface area contributed by atoms with Crippen molar-refractivity contribution in [3.63, 3.8) is 0 Å². The molecular formula is C63H50Cl3N17O3S. The van der Waals surface area contributed by atoms with E-state index in [1.165, 1.54) is 36.2 Å². The van der Waals surface area contributed by atoms with Crippen molar-refractivity contribution in [3.8, 4) is 50.6 Å². The van der Waals surface area contributed by atoms with Crippen LogP contribution in [0.25, 0.3) is 61.3 Å². The van der Waals surface area contributed by atoms with Crippen LogP contribution in [-0.4, -0.2) is 79.3 Å². The molecule has 0 spiro atoms. The molecule has 13 heterocycles. The number of hydrogen-bond acceptors (Lipinski definition) is 16. The molecule has 3 aliphatic heterocycles. The molecule has 432 valence electrons. The van der Waals surface area contributed by atoms with E-state index in [1.807, 2.05) is 145 Å². The van der Waals surface area contributed by atoms with Gasteiger partial charge in [0, 0.05) is 91.8 Å². The largest absolute Gasteiger partial charge is 0.480 e. The Morgan fingerprint density at radius 1 is 0.494 bits per heavy atom. The van der Waals surface area contributed by atoms with Crippen LogP contribution in [0.3, 0.4) is 0 Å². The van der Waals surface area contributed by atoms with Crippen LogP contribution in [0.1, 0.15) is 33.8 Å². The van der Waals surface area contributed by atoms with Crippen LogP contribution in [-0.2, 0) is 49.3 Å². The van der Waals surface area contributed by atoms with E-state index in [4.69, 9.17) is 54.8 Å². The Bertz CT molecular complexity index is 4710. The van der Waals surface area contributed by atoms with E-state index >= 15 is 0 Å². The molecular weight excluding hydrogens is 1180 g/mol. The number of nitrogens with zero attached hydrogens (tertiary/aromatic N) is 15. The van der Waals surface area contributed by atoms with Crippen molar-refractivity contribution in [2.24, 2.45) is 5.14 Å². The molecule has 0 saturated carbocycles. The molecule has 0 aliphatic carbocycles. The summed E-state index contributed by atoms with van der Waals surface area (Å²) in [5.74, 6) is 1.75. The fourth-order valence-corrected chi connectivity index (χ4v) is 12.1. The molecule has 0 saturated heterocycles. The molecule has 0 fully saturated rings. The normalized spacial score (nSPS) is 13.1. The van der Waals surface area contributed by atoms with Gasteiger partial charge in [-0.2, -0.15) is 4.98 Å². The summed E-state index contributed by atoms with van der Waals surface area (Å²) in [6, 6.07) is 49.8. The second-order valence-electron chi connectivity index (χ2n) is 20.2. The van der Waals surface area contributed by atoms with Crippen LogP contribution in [0.5, 0.6) is 5.88 Å². The Hall–Kier alpha value is -9.74. The third-order valence-electron chi connectivity index (χ3n) is 14.8. The van der Waals surface area contributed by atoms with Crippen molar-refractivity contribution in [2.75, 3.05) is 16.9 Å². The fraction of sp³-hybridized carbons (Fsp3) is 0.111. The number of anilines is 2. The number of benzene rings is 3. The first-order valence-electron chi connectivity index (χ1n) is 27.3. The summed E-state index contributed by atoms with van der Waals surface area (Å²) in [7, 11) is -2.75. The number of pyridine rings is 4. The molecule has 0 atom stereocenters. The van der Waals surface area contributed by atoms with Gasteiger partial charge in [-0.25, -0.2) is 42.1 Å². The lowest BCUT2D eigenvalue weighted by molar-refractivity contribution is 0.385.